The lowest BCUT2D eigenvalue weighted by Crippen LogP contribution is -2.38. The first kappa shape index (κ1) is 9.43. The fraction of sp³-hybridized carbons (Fsp3) is 1.00. The molecule has 2 unspecified atom stereocenters. The molecule has 1 rings (SSSR count). The van der Waals surface area contributed by atoms with Crippen molar-refractivity contribution in [3.8, 4) is 0 Å². The Balaban J connectivity index is 2.53. The van der Waals surface area contributed by atoms with Crippen LogP contribution in [0.25, 0.3) is 0 Å². The van der Waals surface area contributed by atoms with Gasteiger partial charge in [0.05, 0.1) is 18.2 Å². The van der Waals surface area contributed by atoms with Gasteiger partial charge in [0.1, 0.15) is 4.11 Å². The maximum absolute atomic E-state index is 9.37. The second-order valence-corrected chi connectivity index (χ2v) is 4.36. The van der Waals surface area contributed by atoms with Crippen LogP contribution in [-0.4, -0.2) is 31.9 Å². The lowest BCUT2D eigenvalue weighted by molar-refractivity contribution is 0.0557. The fourth-order valence-corrected chi connectivity index (χ4v) is 2.40. The first-order chi connectivity index (χ1) is 4.66. The summed E-state index contributed by atoms with van der Waals surface area (Å²) in [5.74, 6) is 0. The van der Waals surface area contributed by atoms with Gasteiger partial charge in [0.2, 0.25) is 0 Å². The maximum atomic E-state index is 9.37. The number of hydrogen-bond acceptors (Lipinski definition) is 3. The van der Waals surface area contributed by atoms with Crippen molar-refractivity contribution < 1.29 is 9.84 Å². The van der Waals surface area contributed by atoms with Gasteiger partial charge in [-0.25, -0.2) is 0 Å². The van der Waals surface area contributed by atoms with Crippen LogP contribution < -0.4 is 5.73 Å². The molecule has 1 saturated heterocycles. The van der Waals surface area contributed by atoms with E-state index in [1.807, 2.05) is 0 Å². The lowest BCUT2D eigenvalue weighted by atomic mass is 10.1. The number of nitrogens with two attached hydrogens (primary N) is 1. The summed E-state index contributed by atoms with van der Waals surface area (Å²) in [6, 6.07) is -0.222. The minimum absolute atomic E-state index is 0.0348. The molecule has 0 aliphatic carbocycles. The second kappa shape index (κ2) is 3.83. The van der Waals surface area contributed by atoms with Gasteiger partial charge in [-0.1, -0.05) is 22.6 Å². The standard InChI is InChI=1S/C5H9I2NO2/c6-1-2-4(9)3(8)5(7)10-2/h2-5,9H,1,8H2/t2-,3?,4?,5-/m1/s1. The van der Waals surface area contributed by atoms with Gasteiger partial charge in [0.15, 0.2) is 0 Å². The molecule has 1 heterocycles. The largest absolute Gasteiger partial charge is 0.389 e. The molecule has 0 radical (unpaired) electrons. The predicted octanol–water partition coefficient (Wildman–Crippen LogP) is 0.269. The number of aliphatic hydroxyl groups is 1. The number of aliphatic hydroxyl groups excluding tert-OH is 1. The minimum Gasteiger partial charge on any atom is -0.389 e. The summed E-state index contributed by atoms with van der Waals surface area (Å²) in [5.41, 5.74) is 5.60. The number of rotatable bonds is 1. The molecule has 4 atom stereocenters. The molecule has 0 amide bonds. The molecule has 0 spiro atoms. The van der Waals surface area contributed by atoms with Crippen LogP contribution in [0.4, 0.5) is 0 Å². The van der Waals surface area contributed by atoms with Crippen molar-refractivity contribution in [3.05, 3.63) is 0 Å². The van der Waals surface area contributed by atoms with E-state index in [0.29, 0.717) is 0 Å². The number of alkyl halides is 2. The Morgan fingerprint density at radius 1 is 1.60 bits per heavy atom. The molecule has 3 nitrogen and oxygen atoms in total. The van der Waals surface area contributed by atoms with Crippen LogP contribution in [0.5, 0.6) is 0 Å². The molecular formula is C5H9I2NO2. The maximum Gasteiger partial charge on any atom is 0.127 e. The molecule has 1 fully saturated rings. The van der Waals surface area contributed by atoms with Crippen molar-refractivity contribution in [2.45, 2.75) is 22.4 Å². The number of ether oxygens (including phenoxy) is 1. The van der Waals surface area contributed by atoms with Crippen molar-refractivity contribution in [2.24, 2.45) is 5.73 Å². The van der Waals surface area contributed by atoms with Crippen LogP contribution in [0.2, 0.25) is 0 Å². The van der Waals surface area contributed by atoms with Crippen molar-refractivity contribution in [3.63, 3.8) is 0 Å². The third-order valence-electron chi connectivity index (χ3n) is 1.53. The van der Waals surface area contributed by atoms with E-state index in [0.717, 1.165) is 4.43 Å². The normalized spacial score (nSPS) is 48.0. The highest BCUT2D eigenvalue weighted by Gasteiger charge is 2.38. The Hall–Kier alpha value is 1.34. The number of halogens is 2. The van der Waals surface area contributed by atoms with Crippen molar-refractivity contribution in [1.82, 2.24) is 0 Å². The molecule has 10 heavy (non-hydrogen) atoms. The Labute approximate surface area is 87.0 Å². The van der Waals surface area contributed by atoms with Crippen molar-refractivity contribution in [1.29, 1.82) is 0 Å². The van der Waals surface area contributed by atoms with E-state index in [-0.39, 0.29) is 16.3 Å². The van der Waals surface area contributed by atoms with Gasteiger partial charge in [-0.05, 0) is 22.6 Å². The lowest BCUT2D eigenvalue weighted by Gasteiger charge is -2.10. The summed E-state index contributed by atoms with van der Waals surface area (Å²) in [6.07, 6.45) is -0.559. The Morgan fingerprint density at radius 2 is 2.20 bits per heavy atom. The van der Waals surface area contributed by atoms with E-state index in [1.54, 1.807) is 0 Å². The average molecular weight is 369 g/mol. The summed E-state index contributed by atoms with van der Waals surface area (Å²) >= 11 is 4.28. The fourth-order valence-electron chi connectivity index (χ4n) is 0.869. The summed E-state index contributed by atoms with van der Waals surface area (Å²) < 4.78 is 6.10. The highest BCUT2D eigenvalue weighted by molar-refractivity contribution is 14.1. The average Bonchev–Trinajstić information content (AvgIpc) is 2.17. The summed E-state index contributed by atoms with van der Waals surface area (Å²) in [6.45, 7) is 0. The molecule has 0 aromatic heterocycles. The van der Waals surface area contributed by atoms with Crippen molar-refractivity contribution >= 4 is 45.2 Å². The second-order valence-electron chi connectivity index (χ2n) is 2.25. The SMILES string of the molecule is NC1C(O)[C@@H](CI)O[C@H]1I. The van der Waals surface area contributed by atoms with Gasteiger partial charge in [-0.2, -0.15) is 0 Å². The summed E-state index contributed by atoms with van der Waals surface area (Å²) in [5, 5.41) is 9.37. The molecular weight excluding hydrogens is 360 g/mol. The van der Waals surface area contributed by atoms with Gasteiger partial charge < -0.3 is 15.6 Å². The molecule has 3 N–H and O–H groups in total. The van der Waals surface area contributed by atoms with Gasteiger partial charge in [-0.3, -0.25) is 0 Å². The zero-order chi connectivity index (χ0) is 7.72. The molecule has 1 aliphatic rings. The van der Waals surface area contributed by atoms with E-state index < -0.39 is 6.10 Å². The molecule has 60 valence electrons. The third kappa shape index (κ3) is 1.74. The van der Waals surface area contributed by atoms with E-state index in [2.05, 4.69) is 45.2 Å². The van der Waals surface area contributed by atoms with Crippen LogP contribution in [0, 0.1) is 0 Å². The molecule has 0 saturated carbocycles. The highest BCUT2D eigenvalue weighted by atomic mass is 127. The summed E-state index contributed by atoms with van der Waals surface area (Å²) in [7, 11) is 0. The Morgan fingerprint density at radius 3 is 2.40 bits per heavy atom. The van der Waals surface area contributed by atoms with Crippen LogP contribution in [0.1, 0.15) is 0 Å². The minimum atomic E-state index is -0.487. The zero-order valence-electron chi connectivity index (χ0n) is 5.21. The van der Waals surface area contributed by atoms with Crippen LogP contribution in [0.15, 0.2) is 0 Å². The number of hydrogen-bond donors (Lipinski definition) is 2. The Kier molecular flexibility index (Phi) is 3.61. The van der Waals surface area contributed by atoms with Crippen molar-refractivity contribution in [2.75, 3.05) is 4.43 Å². The van der Waals surface area contributed by atoms with E-state index in [1.165, 1.54) is 0 Å². The first-order valence-electron chi connectivity index (χ1n) is 2.96. The van der Waals surface area contributed by atoms with Crippen LogP contribution in [0.3, 0.4) is 0 Å². The van der Waals surface area contributed by atoms with Crippen LogP contribution in [-0.2, 0) is 4.74 Å². The van der Waals surface area contributed by atoms with Gasteiger partial charge >= 0.3 is 0 Å². The molecule has 1 aliphatic heterocycles. The molecule has 0 aromatic carbocycles. The van der Waals surface area contributed by atoms with Gasteiger partial charge in [0.25, 0.3) is 0 Å². The van der Waals surface area contributed by atoms with Crippen LogP contribution >= 0.6 is 45.2 Å². The highest BCUT2D eigenvalue weighted by Crippen LogP contribution is 2.25. The van der Waals surface area contributed by atoms with E-state index in [4.69, 9.17) is 10.5 Å². The zero-order valence-corrected chi connectivity index (χ0v) is 9.52. The first-order valence-corrected chi connectivity index (χ1v) is 5.73. The third-order valence-corrected chi connectivity index (χ3v) is 3.53. The monoisotopic (exact) mass is 369 g/mol. The predicted molar refractivity (Wildman–Crippen MR) is 55.6 cm³/mol. The smallest absolute Gasteiger partial charge is 0.127 e. The molecule has 5 heteroatoms. The topological polar surface area (TPSA) is 55.5 Å². The summed E-state index contributed by atoms with van der Waals surface area (Å²) in [4.78, 5) is 0. The van der Waals surface area contributed by atoms with Gasteiger partial charge in [0, 0.05) is 4.43 Å². The quantitative estimate of drug-likeness (QED) is 0.516. The molecule has 0 aromatic rings. The Bertz CT molecular complexity index is 124. The molecule has 0 bridgehead atoms. The van der Waals surface area contributed by atoms with E-state index in [9.17, 15) is 5.11 Å². The van der Waals surface area contributed by atoms with E-state index >= 15 is 0 Å². The van der Waals surface area contributed by atoms with Gasteiger partial charge in [-0.15, -0.1) is 0 Å².